The second kappa shape index (κ2) is 17.2. The Morgan fingerprint density at radius 2 is 1.76 bits per heavy atom. The molecule has 0 radical (unpaired) electrons. The maximum atomic E-state index is 12.3. The van der Waals surface area contributed by atoms with E-state index in [0.29, 0.717) is 31.1 Å². The van der Waals surface area contributed by atoms with Crippen molar-refractivity contribution in [3.8, 4) is 5.75 Å². The molecule has 16 atom stereocenters. The van der Waals surface area contributed by atoms with Crippen LogP contribution >= 0.6 is 0 Å². The summed E-state index contributed by atoms with van der Waals surface area (Å²) in [7, 11) is 3.07. The SMILES string of the molecule is C=CCO[C@H]1C[C@]2(CC[C@](C)([C@H]3CC[C@@](CC)([C@@H]4O[C@H]([C@H]5O[C@@]6(CO[C@@H](c7ccc(OC)cc7)O6)[C@H](C)C[C@@H]5C)C[C@@H]4C)O3)O2)O[C@H]([C@@H](C)/C=C(\C)C(=O)OC)[C@@H]1C. The van der Waals surface area contributed by atoms with Gasteiger partial charge < -0.3 is 47.4 Å². The van der Waals surface area contributed by atoms with Crippen LogP contribution in [0.3, 0.4) is 0 Å². The predicted molar refractivity (Wildman–Crippen MR) is 218 cm³/mol. The van der Waals surface area contributed by atoms with Crippen LogP contribution in [0.4, 0.5) is 0 Å². The summed E-state index contributed by atoms with van der Waals surface area (Å²) in [6.07, 6.45) is 9.09. The van der Waals surface area contributed by atoms with Gasteiger partial charge in [0.25, 0.3) is 0 Å². The van der Waals surface area contributed by atoms with E-state index in [2.05, 4.69) is 55.0 Å². The molecule has 1 aromatic rings. The molecule has 0 aromatic heterocycles. The lowest BCUT2D eigenvalue weighted by Gasteiger charge is -2.48. The summed E-state index contributed by atoms with van der Waals surface area (Å²) < 4.78 is 65.4. The molecule has 1 aromatic carbocycles. The highest BCUT2D eigenvalue weighted by atomic mass is 16.8. The lowest BCUT2D eigenvalue weighted by atomic mass is 9.80. The van der Waals surface area contributed by atoms with Crippen LogP contribution in [0.1, 0.15) is 119 Å². The molecule has 11 nitrogen and oxygen atoms in total. The van der Waals surface area contributed by atoms with Gasteiger partial charge in [-0.1, -0.05) is 65.8 Å². The van der Waals surface area contributed by atoms with Crippen molar-refractivity contribution in [2.45, 2.75) is 172 Å². The Balaban J connectivity index is 1.03. The molecule has 0 unspecified atom stereocenters. The number of ether oxygens (including phenoxy) is 10. The van der Waals surface area contributed by atoms with Crippen molar-refractivity contribution in [3.63, 3.8) is 0 Å². The molecule has 6 heterocycles. The quantitative estimate of drug-likeness (QED) is 0.115. The largest absolute Gasteiger partial charge is 0.497 e. The van der Waals surface area contributed by atoms with Gasteiger partial charge in [-0.25, -0.2) is 4.79 Å². The van der Waals surface area contributed by atoms with Gasteiger partial charge in [0.2, 0.25) is 0 Å². The second-order valence-electron chi connectivity index (χ2n) is 18.7. The lowest BCUT2D eigenvalue weighted by molar-refractivity contribution is -0.333. The summed E-state index contributed by atoms with van der Waals surface area (Å²) in [5.41, 5.74) is 0.503. The molecule has 6 aliphatic rings. The number of benzene rings is 1. The summed E-state index contributed by atoms with van der Waals surface area (Å²) in [6.45, 7) is 22.0. The minimum atomic E-state index is -0.837. The first kappa shape index (κ1) is 43.7. The zero-order chi connectivity index (χ0) is 41.6. The fourth-order valence-electron chi connectivity index (χ4n) is 11.3. The smallest absolute Gasteiger partial charge is 0.333 e. The Bertz CT molecular complexity index is 1630. The van der Waals surface area contributed by atoms with E-state index in [9.17, 15) is 4.79 Å². The summed E-state index contributed by atoms with van der Waals surface area (Å²) >= 11 is 0. The Morgan fingerprint density at radius 1 is 1.00 bits per heavy atom. The van der Waals surface area contributed by atoms with Crippen LogP contribution in [0.2, 0.25) is 0 Å². The van der Waals surface area contributed by atoms with Crippen molar-refractivity contribution in [1.82, 2.24) is 0 Å². The Morgan fingerprint density at radius 3 is 2.45 bits per heavy atom. The van der Waals surface area contributed by atoms with Crippen LogP contribution in [0.15, 0.2) is 48.6 Å². The van der Waals surface area contributed by atoms with Gasteiger partial charge in [0.1, 0.15) is 12.4 Å². The van der Waals surface area contributed by atoms with Crippen molar-refractivity contribution in [1.29, 1.82) is 0 Å². The molecular formula is C47H70O11. The highest BCUT2D eigenvalue weighted by Gasteiger charge is 2.62. The van der Waals surface area contributed by atoms with E-state index in [4.69, 9.17) is 47.4 Å². The van der Waals surface area contributed by atoms with E-state index in [1.807, 2.05) is 30.3 Å². The van der Waals surface area contributed by atoms with Crippen LogP contribution in [-0.2, 0) is 47.4 Å². The van der Waals surface area contributed by atoms with Crippen LogP contribution in [0.5, 0.6) is 5.75 Å². The molecule has 6 aliphatic heterocycles. The zero-order valence-corrected chi connectivity index (χ0v) is 36.7. The summed E-state index contributed by atoms with van der Waals surface area (Å²) in [5.74, 6) is -0.485. The number of carbonyl (C=O) groups excluding carboxylic acids is 1. The Labute approximate surface area is 346 Å². The third kappa shape index (κ3) is 8.20. The minimum absolute atomic E-state index is 0.0683. The molecule has 6 fully saturated rings. The molecule has 0 aliphatic carbocycles. The number of hydrogen-bond donors (Lipinski definition) is 0. The molecular weight excluding hydrogens is 741 g/mol. The number of hydrogen-bond acceptors (Lipinski definition) is 11. The highest BCUT2D eigenvalue weighted by Crippen LogP contribution is 2.55. The van der Waals surface area contributed by atoms with Crippen molar-refractivity contribution >= 4 is 5.97 Å². The van der Waals surface area contributed by atoms with Crippen molar-refractivity contribution in [2.75, 3.05) is 27.4 Å². The van der Waals surface area contributed by atoms with Crippen molar-refractivity contribution in [2.24, 2.45) is 29.6 Å². The minimum Gasteiger partial charge on any atom is -0.497 e. The summed E-state index contributed by atoms with van der Waals surface area (Å²) in [6, 6.07) is 7.84. The van der Waals surface area contributed by atoms with Crippen LogP contribution < -0.4 is 4.74 Å². The average molecular weight is 811 g/mol. The Hall–Kier alpha value is -2.35. The number of methoxy groups -OCH3 is 2. The maximum Gasteiger partial charge on any atom is 0.333 e. The molecule has 6 saturated heterocycles. The van der Waals surface area contributed by atoms with Gasteiger partial charge in [-0.15, -0.1) is 6.58 Å². The molecule has 11 heteroatoms. The summed E-state index contributed by atoms with van der Waals surface area (Å²) in [4.78, 5) is 12.3. The van der Waals surface area contributed by atoms with Gasteiger partial charge in [-0.2, -0.15) is 0 Å². The molecule has 2 spiro atoms. The third-order valence-electron chi connectivity index (χ3n) is 14.7. The van der Waals surface area contributed by atoms with E-state index >= 15 is 0 Å². The molecule has 7 rings (SSSR count). The standard InChI is InChI=1S/C47H70O11/c1-12-22-51-37-26-46(55-39(33(37)8)28(3)23-31(6)42(48)50-11)21-20-44(9,58-46)38-18-19-45(13-2,54-38)41-30(5)25-36(53-41)40-29(4)24-32(7)47(56-40)27-52-43(57-47)34-14-16-35(49-10)17-15-34/h12,14-17,23,28-30,32-33,36-41,43H,1,13,18-22,24-27H2,2-11H3/b31-23+/t28-,29-,30-,32+,33+,36-,37-,38+,39+,40-,41+,43+,44+,45-,46+,47+/m0/s1. The fraction of sp³-hybridized carbons (Fsp3) is 0.766. The van der Waals surface area contributed by atoms with Gasteiger partial charge in [-0.3, -0.25) is 0 Å². The molecule has 0 amide bonds. The second-order valence-corrected chi connectivity index (χ2v) is 18.7. The molecule has 58 heavy (non-hydrogen) atoms. The molecule has 0 N–H and O–H groups in total. The first-order valence-corrected chi connectivity index (χ1v) is 21.9. The van der Waals surface area contributed by atoms with Crippen LogP contribution in [-0.4, -0.2) is 92.8 Å². The first-order valence-electron chi connectivity index (χ1n) is 21.9. The van der Waals surface area contributed by atoms with Gasteiger partial charge >= 0.3 is 5.97 Å². The lowest BCUT2D eigenvalue weighted by Crippen LogP contribution is -2.55. The van der Waals surface area contributed by atoms with Crippen LogP contribution in [0, 0.1) is 29.6 Å². The van der Waals surface area contributed by atoms with E-state index in [1.165, 1.54) is 7.11 Å². The van der Waals surface area contributed by atoms with Gasteiger partial charge in [0.15, 0.2) is 17.9 Å². The third-order valence-corrected chi connectivity index (χ3v) is 14.7. The van der Waals surface area contributed by atoms with E-state index < -0.39 is 29.1 Å². The number of carbonyl (C=O) groups is 1. The highest BCUT2D eigenvalue weighted by molar-refractivity contribution is 5.87. The average Bonchev–Trinajstić information content (AvgIpc) is 4.02. The topological polar surface area (TPSA) is 109 Å². The Kier molecular flexibility index (Phi) is 13.0. The number of esters is 1. The van der Waals surface area contributed by atoms with Gasteiger partial charge in [-0.05, 0) is 76.3 Å². The van der Waals surface area contributed by atoms with Crippen molar-refractivity contribution in [3.05, 3.63) is 54.1 Å². The van der Waals surface area contributed by atoms with Crippen molar-refractivity contribution < 1.29 is 52.2 Å². The fourth-order valence-corrected chi connectivity index (χ4v) is 11.3. The van der Waals surface area contributed by atoms with E-state index in [1.54, 1.807) is 20.1 Å². The maximum absolute atomic E-state index is 12.3. The molecule has 0 bridgehead atoms. The summed E-state index contributed by atoms with van der Waals surface area (Å²) in [5, 5.41) is 0. The van der Waals surface area contributed by atoms with E-state index in [-0.39, 0.29) is 66.3 Å². The monoisotopic (exact) mass is 810 g/mol. The molecule has 0 saturated carbocycles. The number of rotatable bonds is 12. The van der Waals surface area contributed by atoms with Gasteiger partial charge in [0.05, 0.1) is 68.7 Å². The predicted octanol–water partition coefficient (Wildman–Crippen LogP) is 8.64. The molecule has 324 valence electrons. The normalized spacial score (nSPS) is 44.9. The van der Waals surface area contributed by atoms with Crippen LogP contribution in [0.25, 0.3) is 0 Å². The van der Waals surface area contributed by atoms with Gasteiger partial charge in [0, 0.05) is 41.7 Å². The zero-order valence-electron chi connectivity index (χ0n) is 36.7. The first-order chi connectivity index (χ1) is 27.6. The van der Waals surface area contributed by atoms with E-state index in [0.717, 1.165) is 56.3 Å².